The average Bonchev–Trinajstić information content (AvgIpc) is 3.54. The van der Waals surface area contributed by atoms with Gasteiger partial charge in [0.05, 0.1) is 19.9 Å². The molecular formula is C24H19ClN4O3S. The molecule has 0 radical (unpaired) electrons. The molecule has 1 N–H and O–H groups in total. The van der Waals surface area contributed by atoms with Crippen molar-refractivity contribution < 1.29 is 14.2 Å². The third-order valence-electron chi connectivity index (χ3n) is 5.90. The molecule has 0 saturated carbocycles. The highest BCUT2D eigenvalue weighted by Gasteiger charge is 2.41. The molecule has 9 heteroatoms. The summed E-state index contributed by atoms with van der Waals surface area (Å²) in [5, 5.41) is 10.7. The number of methoxy groups -OCH3 is 2. The van der Waals surface area contributed by atoms with Crippen LogP contribution in [0.4, 0.5) is 5.95 Å². The molecule has 2 aromatic carbocycles. The van der Waals surface area contributed by atoms with Gasteiger partial charge < -0.3 is 19.5 Å². The van der Waals surface area contributed by atoms with Crippen LogP contribution in [0.25, 0.3) is 5.70 Å². The maximum atomic E-state index is 6.63. The number of hydrogen-bond acceptors (Lipinski definition) is 7. The third-order valence-corrected chi connectivity index (χ3v) is 7.06. The van der Waals surface area contributed by atoms with Gasteiger partial charge in [-0.3, -0.25) is 0 Å². The number of rotatable bonds is 4. The van der Waals surface area contributed by atoms with E-state index in [1.807, 2.05) is 47.1 Å². The maximum Gasteiger partial charge on any atom is 0.226 e. The van der Waals surface area contributed by atoms with Crippen LogP contribution in [0.2, 0.25) is 5.02 Å². The number of halogens is 1. The Kier molecular flexibility index (Phi) is 4.78. The van der Waals surface area contributed by atoms with Crippen LogP contribution in [0.15, 0.2) is 65.8 Å². The molecule has 4 heterocycles. The van der Waals surface area contributed by atoms with E-state index in [9.17, 15) is 0 Å². The van der Waals surface area contributed by atoms with Gasteiger partial charge >= 0.3 is 0 Å². The van der Waals surface area contributed by atoms with Crippen molar-refractivity contribution in [1.82, 2.24) is 14.8 Å². The SMILES string of the molecule is COc1ccc(C2Oc3ccc(Cl)cc3C3=C2C(c2cccs2)n2ncnc2N3)cc1OC. The molecule has 2 aromatic heterocycles. The third kappa shape index (κ3) is 3.17. The fourth-order valence-corrected chi connectivity index (χ4v) is 5.45. The molecule has 0 aliphatic carbocycles. The molecule has 7 nitrogen and oxygen atoms in total. The molecular weight excluding hydrogens is 460 g/mol. The summed E-state index contributed by atoms with van der Waals surface area (Å²) in [5.41, 5.74) is 3.78. The summed E-state index contributed by atoms with van der Waals surface area (Å²) < 4.78 is 19.5. The normalized spacial score (nSPS) is 18.5. The average molecular weight is 479 g/mol. The zero-order valence-corrected chi connectivity index (χ0v) is 19.4. The van der Waals surface area contributed by atoms with Crippen molar-refractivity contribution in [3.63, 3.8) is 0 Å². The van der Waals surface area contributed by atoms with Crippen molar-refractivity contribution >= 4 is 34.6 Å². The summed E-state index contributed by atoms with van der Waals surface area (Å²) in [4.78, 5) is 5.59. The van der Waals surface area contributed by atoms with E-state index in [1.165, 1.54) is 0 Å². The molecule has 0 bridgehead atoms. The van der Waals surface area contributed by atoms with Crippen molar-refractivity contribution in [2.75, 3.05) is 19.5 Å². The highest BCUT2D eigenvalue weighted by atomic mass is 35.5. The van der Waals surface area contributed by atoms with Crippen LogP contribution >= 0.6 is 22.9 Å². The lowest BCUT2D eigenvalue weighted by atomic mass is 9.87. The van der Waals surface area contributed by atoms with Gasteiger partial charge in [-0.25, -0.2) is 4.68 Å². The van der Waals surface area contributed by atoms with E-state index in [1.54, 1.807) is 31.9 Å². The monoisotopic (exact) mass is 478 g/mol. The van der Waals surface area contributed by atoms with E-state index >= 15 is 0 Å². The van der Waals surface area contributed by atoms with Crippen LogP contribution in [0.3, 0.4) is 0 Å². The summed E-state index contributed by atoms with van der Waals surface area (Å²) in [5.74, 6) is 2.71. The Morgan fingerprint density at radius 1 is 1.09 bits per heavy atom. The molecule has 6 rings (SSSR count). The largest absolute Gasteiger partial charge is 0.493 e. The Morgan fingerprint density at radius 2 is 1.97 bits per heavy atom. The zero-order chi connectivity index (χ0) is 22.5. The van der Waals surface area contributed by atoms with E-state index in [-0.39, 0.29) is 6.04 Å². The Balaban J connectivity index is 1.61. The first-order chi connectivity index (χ1) is 16.2. The standard InChI is InChI=1S/C24H19ClN4O3S/c1-30-17-7-5-13(10-18(17)31-2)23-20-21(15-11-14(25)6-8-16(15)32-23)28-24-26-12-27-29(24)22(20)19-4-3-9-33-19/h3-12,22-23H,1-2H3,(H,26,27,28). The lowest BCUT2D eigenvalue weighted by Gasteiger charge is -2.38. The predicted molar refractivity (Wildman–Crippen MR) is 127 cm³/mol. The van der Waals surface area contributed by atoms with E-state index in [2.05, 4.69) is 26.8 Å². The first-order valence-electron chi connectivity index (χ1n) is 10.3. The van der Waals surface area contributed by atoms with Gasteiger partial charge in [0.15, 0.2) is 11.5 Å². The number of thiophene rings is 1. The van der Waals surface area contributed by atoms with Crippen LogP contribution in [-0.2, 0) is 0 Å². The summed E-state index contributed by atoms with van der Waals surface area (Å²) in [6.07, 6.45) is 1.16. The van der Waals surface area contributed by atoms with Gasteiger partial charge in [-0.05, 0) is 41.8 Å². The van der Waals surface area contributed by atoms with Crippen molar-refractivity contribution in [3.05, 3.63) is 86.8 Å². The zero-order valence-electron chi connectivity index (χ0n) is 17.8. The smallest absolute Gasteiger partial charge is 0.226 e. The minimum atomic E-state index is -0.398. The number of benzene rings is 2. The van der Waals surface area contributed by atoms with Gasteiger partial charge in [0.25, 0.3) is 0 Å². The van der Waals surface area contributed by atoms with Gasteiger partial charge in [-0.1, -0.05) is 23.7 Å². The number of anilines is 1. The second-order valence-electron chi connectivity index (χ2n) is 7.65. The predicted octanol–water partition coefficient (Wildman–Crippen LogP) is 5.57. The number of nitrogens with zero attached hydrogens (tertiary/aromatic N) is 3. The van der Waals surface area contributed by atoms with Crippen molar-refractivity contribution in [1.29, 1.82) is 0 Å². The highest BCUT2D eigenvalue weighted by molar-refractivity contribution is 7.10. The second kappa shape index (κ2) is 7.83. The van der Waals surface area contributed by atoms with Gasteiger partial charge in [0.2, 0.25) is 5.95 Å². The van der Waals surface area contributed by atoms with Crippen molar-refractivity contribution in [3.8, 4) is 17.2 Å². The minimum absolute atomic E-state index is 0.191. The molecule has 2 unspecified atom stereocenters. The molecule has 2 aliphatic rings. The molecule has 166 valence electrons. The summed E-state index contributed by atoms with van der Waals surface area (Å²) in [7, 11) is 3.25. The number of aromatic nitrogens is 3. The summed E-state index contributed by atoms with van der Waals surface area (Å²) in [6.45, 7) is 0. The van der Waals surface area contributed by atoms with E-state index in [0.717, 1.165) is 33.0 Å². The molecule has 2 atom stereocenters. The molecule has 0 amide bonds. The molecule has 0 fully saturated rings. The molecule has 33 heavy (non-hydrogen) atoms. The van der Waals surface area contributed by atoms with Gasteiger partial charge in [0, 0.05) is 26.6 Å². The lowest BCUT2D eigenvalue weighted by Crippen LogP contribution is -2.32. The van der Waals surface area contributed by atoms with Crippen LogP contribution < -0.4 is 19.5 Å². The number of ether oxygens (including phenoxy) is 3. The van der Waals surface area contributed by atoms with Gasteiger partial charge in [-0.2, -0.15) is 10.1 Å². The fraction of sp³-hybridized carbons (Fsp3) is 0.167. The summed E-state index contributed by atoms with van der Waals surface area (Å²) >= 11 is 8.05. The van der Waals surface area contributed by atoms with E-state index < -0.39 is 6.10 Å². The Morgan fingerprint density at radius 3 is 2.76 bits per heavy atom. The van der Waals surface area contributed by atoms with Gasteiger partial charge in [-0.15, -0.1) is 11.3 Å². The van der Waals surface area contributed by atoms with Crippen LogP contribution in [0.1, 0.15) is 28.1 Å². The molecule has 0 spiro atoms. The lowest BCUT2D eigenvalue weighted by molar-refractivity contribution is 0.222. The Labute approximate surface area is 199 Å². The topological polar surface area (TPSA) is 70.4 Å². The molecule has 4 aromatic rings. The van der Waals surface area contributed by atoms with Crippen molar-refractivity contribution in [2.24, 2.45) is 0 Å². The van der Waals surface area contributed by atoms with Crippen LogP contribution in [-0.4, -0.2) is 29.0 Å². The number of hydrogen-bond donors (Lipinski definition) is 1. The van der Waals surface area contributed by atoms with Crippen LogP contribution in [0, 0.1) is 0 Å². The Hall–Kier alpha value is -3.49. The molecule has 2 aliphatic heterocycles. The van der Waals surface area contributed by atoms with E-state index in [4.69, 9.17) is 25.8 Å². The van der Waals surface area contributed by atoms with Crippen molar-refractivity contribution in [2.45, 2.75) is 12.1 Å². The van der Waals surface area contributed by atoms with Crippen LogP contribution in [0.5, 0.6) is 17.2 Å². The summed E-state index contributed by atoms with van der Waals surface area (Å²) in [6, 6.07) is 15.5. The Bertz CT molecular complexity index is 1380. The fourth-order valence-electron chi connectivity index (χ4n) is 4.45. The number of fused-ring (bicyclic) bond motifs is 3. The first-order valence-corrected chi connectivity index (χ1v) is 11.6. The number of nitrogens with one attached hydrogen (secondary N) is 1. The maximum absolute atomic E-state index is 6.63. The quantitative estimate of drug-likeness (QED) is 0.413. The molecule has 0 saturated heterocycles. The highest BCUT2D eigenvalue weighted by Crippen LogP contribution is 2.52. The van der Waals surface area contributed by atoms with Gasteiger partial charge in [0.1, 0.15) is 24.2 Å². The van der Waals surface area contributed by atoms with E-state index in [0.29, 0.717) is 22.5 Å². The second-order valence-corrected chi connectivity index (χ2v) is 9.07. The first kappa shape index (κ1) is 20.1. The minimum Gasteiger partial charge on any atom is -0.493 e.